The number of hydrogen-bond donors (Lipinski definition) is 1. The van der Waals surface area contributed by atoms with Crippen LogP contribution in [0.1, 0.15) is 42.2 Å². The zero-order valence-corrected chi connectivity index (χ0v) is 19.9. The van der Waals surface area contributed by atoms with Crippen LogP contribution in [-0.4, -0.2) is 32.2 Å². The first-order chi connectivity index (χ1) is 16.5. The largest absolute Gasteiger partial charge is 0.484 e. The van der Waals surface area contributed by atoms with Crippen LogP contribution in [0.2, 0.25) is 5.02 Å². The molecule has 1 N–H and O–H groups in total. The van der Waals surface area contributed by atoms with Gasteiger partial charge in [-0.1, -0.05) is 47.6 Å². The average molecular weight is 497 g/mol. The number of rotatable bonds is 9. The number of nitrogens with zero attached hydrogens (tertiary/aromatic N) is 3. The molecule has 1 aliphatic carbocycles. The number of ketones is 1. The van der Waals surface area contributed by atoms with Gasteiger partial charge in [-0.05, 0) is 37.1 Å². The third-order valence-electron chi connectivity index (χ3n) is 5.35. The van der Waals surface area contributed by atoms with Crippen LogP contribution >= 0.6 is 23.4 Å². The summed E-state index contributed by atoms with van der Waals surface area (Å²) in [5.41, 5.74) is 0.943. The highest BCUT2D eigenvalue weighted by Crippen LogP contribution is 2.39. The molecule has 2 aromatic carbocycles. The minimum absolute atomic E-state index is 0.104. The van der Waals surface area contributed by atoms with E-state index in [1.165, 1.54) is 18.7 Å². The van der Waals surface area contributed by atoms with Gasteiger partial charge in [0.15, 0.2) is 22.5 Å². The Labute approximate surface area is 204 Å². The van der Waals surface area contributed by atoms with Crippen molar-refractivity contribution in [2.75, 3.05) is 11.1 Å². The van der Waals surface area contributed by atoms with Crippen molar-refractivity contribution in [2.24, 2.45) is 0 Å². The molecule has 1 aliphatic rings. The minimum atomic E-state index is -0.265. The molecule has 0 unspecified atom stereocenters. The number of Topliss-reactive ketones (excluding diaryl/α,β-unsaturated/α-hetero) is 1. The summed E-state index contributed by atoms with van der Waals surface area (Å²) in [5, 5.41) is 13.3. The maximum atomic E-state index is 12.8. The monoisotopic (exact) mass is 496 g/mol. The molecule has 8 nitrogen and oxygen atoms in total. The van der Waals surface area contributed by atoms with Crippen LogP contribution in [-0.2, 0) is 11.4 Å². The Bertz CT molecular complexity index is 1380. The van der Waals surface area contributed by atoms with Gasteiger partial charge >= 0.3 is 0 Å². The molecule has 0 bridgehead atoms. The van der Waals surface area contributed by atoms with E-state index in [9.17, 15) is 9.59 Å². The van der Waals surface area contributed by atoms with Gasteiger partial charge in [0.2, 0.25) is 5.91 Å². The van der Waals surface area contributed by atoms with E-state index in [1.807, 2.05) is 34.9 Å². The highest BCUT2D eigenvalue weighted by atomic mass is 35.5. The van der Waals surface area contributed by atoms with Crippen LogP contribution in [0.25, 0.3) is 11.0 Å². The number of benzene rings is 2. The fourth-order valence-electron chi connectivity index (χ4n) is 3.63. The van der Waals surface area contributed by atoms with Crippen LogP contribution in [0.3, 0.4) is 0 Å². The van der Waals surface area contributed by atoms with E-state index in [4.69, 9.17) is 20.8 Å². The summed E-state index contributed by atoms with van der Waals surface area (Å²) in [4.78, 5) is 24.8. The molecule has 0 saturated heterocycles. The molecule has 1 fully saturated rings. The summed E-state index contributed by atoms with van der Waals surface area (Å²) in [6.45, 7) is 1.63. The summed E-state index contributed by atoms with van der Waals surface area (Å²) < 4.78 is 13.5. The summed E-state index contributed by atoms with van der Waals surface area (Å²) in [7, 11) is 0. The highest BCUT2D eigenvalue weighted by Gasteiger charge is 2.30. The maximum Gasteiger partial charge on any atom is 0.234 e. The molecule has 0 atom stereocenters. The number of para-hydroxylation sites is 2. The Morgan fingerprint density at radius 3 is 2.71 bits per heavy atom. The SMILES string of the molecule is CC(=O)c1oc2ccccc2c1NC(=O)CSc1nnc(COc2ccccc2Cl)n1C1CC1. The molecule has 2 aromatic heterocycles. The van der Waals surface area contributed by atoms with Crippen molar-refractivity contribution in [1.82, 2.24) is 14.8 Å². The molecule has 0 radical (unpaired) electrons. The topological polar surface area (TPSA) is 99.2 Å². The summed E-state index contributed by atoms with van der Waals surface area (Å²) in [6, 6.07) is 14.8. The molecule has 5 rings (SSSR count). The van der Waals surface area contributed by atoms with E-state index in [0.29, 0.717) is 44.5 Å². The zero-order chi connectivity index (χ0) is 23.7. The molecule has 2 heterocycles. The van der Waals surface area contributed by atoms with E-state index >= 15 is 0 Å². The summed E-state index contributed by atoms with van der Waals surface area (Å²) >= 11 is 7.47. The number of thioether (sulfide) groups is 1. The molecule has 34 heavy (non-hydrogen) atoms. The first kappa shape index (κ1) is 22.5. The van der Waals surface area contributed by atoms with Crippen LogP contribution in [0, 0.1) is 0 Å². The lowest BCUT2D eigenvalue weighted by Crippen LogP contribution is -2.16. The van der Waals surface area contributed by atoms with Gasteiger partial charge in [-0.3, -0.25) is 14.2 Å². The van der Waals surface area contributed by atoms with Gasteiger partial charge in [-0.25, -0.2) is 0 Å². The number of ether oxygens (including phenoxy) is 1. The van der Waals surface area contributed by atoms with Crippen LogP contribution < -0.4 is 10.1 Å². The van der Waals surface area contributed by atoms with Crippen molar-refractivity contribution in [1.29, 1.82) is 0 Å². The molecule has 1 amide bonds. The van der Waals surface area contributed by atoms with Crippen LogP contribution in [0.15, 0.2) is 58.1 Å². The Hall–Kier alpha value is -3.30. The second-order valence-electron chi connectivity index (χ2n) is 7.91. The minimum Gasteiger partial charge on any atom is -0.484 e. The van der Waals surface area contributed by atoms with Gasteiger partial charge < -0.3 is 14.5 Å². The number of carbonyl (C=O) groups excluding carboxylic acids is 2. The van der Waals surface area contributed by atoms with Crippen molar-refractivity contribution in [3.63, 3.8) is 0 Å². The molecule has 4 aromatic rings. The number of anilines is 1. The second-order valence-corrected chi connectivity index (χ2v) is 9.26. The number of nitrogens with one attached hydrogen (secondary N) is 1. The van der Waals surface area contributed by atoms with Gasteiger partial charge in [0.25, 0.3) is 0 Å². The maximum absolute atomic E-state index is 12.8. The van der Waals surface area contributed by atoms with Gasteiger partial charge in [0.05, 0.1) is 16.5 Å². The molecular formula is C24H21ClN4O4S. The lowest BCUT2D eigenvalue weighted by molar-refractivity contribution is -0.113. The van der Waals surface area contributed by atoms with Crippen LogP contribution in [0.4, 0.5) is 5.69 Å². The summed E-state index contributed by atoms with van der Waals surface area (Å²) in [6.07, 6.45) is 2.06. The van der Waals surface area contributed by atoms with Crippen molar-refractivity contribution in [3.8, 4) is 5.75 Å². The number of carbonyl (C=O) groups is 2. The number of halogens is 1. The van der Waals surface area contributed by atoms with Crippen molar-refractivity contribution in [3.05, 3.63) is 65.1 Å². The van der Waals surface area contributed by atoms with Gasteiger partial charge in [-0.2, -0.15) is 0 Å². The van der Waals surface area contributed by atoms with Crippen molar-refractivity contribution in [2.45, 2.75) is 37.6 Å². The zero-order valence-electron chi connectivity index (χ0n) is 18.3. The fraction of sp³-hybridized carbons (Fsp3) is 0.250. The summed E-state index contributed by atoms with van der Waals surface area (Å²) in [5.74, 6) is 0.989. The number of hydrogen-bond acceptors (Lipinski definition) is 7. The number of furan rings is 1. The molecule has 0 aliphatic heterocycles. The molecular weight excluding hydrogens is 476 g/mol. The third-order valence-corrected chi connectivity index (χ3v) is 6.61. The van der Waals surface area contributed by atoms with E-state index < -0.39 is 0 Å². The lowest BCUT2D eigenvalue weighted by Gasteiger charge is -2.11. The smallest absolute Gasteiger partial charge is 0.234 e. The highest BCUT2D eigenvalue weighted by molar-refractivity contribution is 7.99. The number of fused-ring (bicyclic) bond motifs is 1. The predicted octanol–water partition coefficient (Wildman–Crippen LogP) is 5.53. The third kappa shape index (κ3) is 4.67. The number of amides is 1. The average Bonchev–Trinajstić information content (AvgIpc) is 3.48. The molecule has 174 valence electrons. The Balaban J connectivity index is 1.28. The second kappa shape index (κ2) is 9.52. The Morgan fingerprint density at radius 1 is 1.18 bits per heavy atom. The molecule has 1 saturated carbocycles. The molecule has 0 spiro atoms. The van der Waals surface area contributed by atoms with Crippen molar-refractivity contribution < 1.29 is 18.7 Å². The first-order valence-electron chi connectivity index (χ1n) is 10.8. The lowest BCUT2D eigenvalue weighted by atomic mass is 10.2. The van der Waals surface area contributed by atoms with Crippen molar-refractivity contribution >= 4 is 51.7 Å². The number of aromatic nitrogens is 3. The Kier molecular flexibility index (Phi) is 6.30. The van der Waals surface area contributed by atoms with E-state index in [1.54, 1.807) is 18.2 Å². The predicted molar refractivity (Wildman–Crippen MR) is 130 cm³/mol. The quantitative estimate of drug-likeness (QED) is 0.240. The molecule has 10 heteroatoms. The standard InChI is InChI=1S/C24H21ClN4O4S/c1-14(30)23-22(16-6-2-4-8-18(16)33-23)26-21(31)13-34-24-28-27-20(29(24)15-10-11-15)12-32-19-9-5-3-7-17(19)25/h2-9,15H,10-13H2,1H3,(H,26,31). The Morgan fingerprint density at radius 2 is 1.94 bits per heavy atom. The van der Waals surface area contributed by atoms with Gasteiger partial charge in [0.1, 0.15) is 17.9 Å². The van der Waals surface area contributed by atoms with Gasteiger partial charge in [0, 0.05) is 18.4 Å². The normalized spacial score (nSPS) is 13.2. The van der Waals surface area contributed by atoms with Crippen LogP contribution in [0.5, 0.6) is 5.75 Å². The fourth-order valence-corrected chi connectivity index (χ4v) is 4.65. The van der Waals surface area contributed by atoms with E-state index in [-0.39, 0.29) is 29.8 Å². The van der Waals surface area contributed by atoms with Gasteiger partial charge in [-0.15, -0.1) is 10.2 Å². The first-order valence-corrected chi connectivity index (χ1v) is 12.1. The van der Waals surface area contributed by atoms with E-state index in [2.05, 4.69) is 15.5 Å². The van der Waals surface area contributed by atoms with E-state index in [0.717, 1.165) is 12.8 Å².